The van der Waals surface area contributed by atoms with Gasteiger partial charge in [0.05, 0.1) is 0 Å². The number of furan rings is 1. The van der Waals surface area contributed by atoms with Gasteiger partial charge in [0.15, 0.2) is 0 Å². The van der Waals surface area contributed by atoms with Gasteiger partial charge < -0.3 is 9.32 Å². The van der Waals surface area contributed by atoms with Gasteiger partial charge in [-0.15, -0.1) is 0 Å². The number of anilines is 3. The number of rotatable bonds is 7. The summed E-state index contributed by atoms with van der Waals surface area (Å²) in [6.07, 6.45) is 0. The molecule has 0 N–H and O–H groups in total. The highest BCUT2D eigenvalue weighted by Gasteiger charge is 2.16. The molecule has 0 aliphatic rings. The van der Waals surface area contributed by atoms with E-state index in [4.69, 9.17) is 4.42 Å². The molecule has 0 spiro atoms. The van der Waals surface area contributed by atoms with E-state index in [1.165, 1.54) is 44.2 Å². The average Bonchev–Trinajstić information content (AvgIpc) is 3.64. The topological polar surface area (TPSA) is 16.4 Å². The van der Waals surface area contributed by atoms with Crippen molar-refractivity contribution < 1.29 is 4.42 Å². The summed E-state index contributed by atoms with van der Waals surface area (Å²) in [4.78, 5) is 2.32. The third-order valence-electron chi connectivity index (χ3n) is 9.45. The van der Waals surface area contributed by atoms with Crippen LogP contribution in [0, 0.1) is 0 Å². The Bertz CT molecular complexity index is 2550. The largest absolute Gasteiger partial charge is 0.456 e. The fourth-order valence-corrected chi connectivity index (χ4v) is 6.85. The molecule has 0 saturated carbocycles. The molecule has 0 atom stereocenters. The van der Waals surface area contributed by atoms with E-state index in [1.807, 2.05) is 18.2 Å². The molecule has 2 nitrogen and oxygen atoms in total. The van der Waals surface area contributed by atoms with Gasteiger partial charge in [-0.05, 0) is 105 Å². The molecule has 0 saturated heterocycles. The second-order valence-corrected chi connectivity index (χ2v) is 12.6. The minimum absolute atomic E-state index is 0.855. The van der Waals surface area contributed by atoms with Crippen LogP contribution in [0.3, 0.4) is 0 Å². The van der Waals surface area contributed by atoms with Gasteiger partial charge >= 0.3 is 0 Å². The van der Waals surface area contributed by atoms with E-state index in [2.05, 4.69) is 187 Å². The quantitative estimate of drug-likeness (QED) is 0.173. The van der Waals surface area contributed by atoms with Gasteiger partial charge in [-0.25, -0.2) is 0 Å². The van der Waals surface area contributed by atoms with Gasteiger partial charge in [-0.2, -0.15) is 0 Å². The normalized spacial score (nSPS) is 11.2. The minimum Gasteiger partial charge on any atom is -0.456 e. The van der Waals surface area contributed by atoms with Crippen molar-refractivity contribution in [2.45, 2.75) is 0 Å². The Labute approximate surface area is 292 Å². The Kier molecular flexibility index (Phi) is 7.53. The van der Waals surface area contributed by atoms with E-state index in [-0.39, 0.29) is 0 Å². The van der Waals surface area contributed by atoms with E-state index >= 15 is 0 Å². The molecule has 0 bridgehead atoms. The van der Waals surface area contributed by atoms with Crippen molar-refractivity contribution in [3.63, 3.8) is 0 Å². The highest BCUT2D eigenvalue weighted by Crippen LogP contribution is 2.39. The second kappa shape index (κ2) is 12.8. The van der Waals surface area contributed by atoms with Gasteiger partial charge in [-0.3, -0.25) is 0 Å². The number of nitrogens with zero attached hydrogens (tertiary/aromatic N) is 1. The molecule has 0 aliphatic carbocycles. The third-order valence-corrected chi connectivity index (χ3v) is 9.45. The predicted molar refractivity (Wildman–Crippen MR) is 210 cm³/mol. The van der Waals surface area contributed by atoms with Crippen LogP contribution in [0.4, 0.5) is 17.1 Å². The fourth-order valence-electron chi connectivity index (χ4n) is 6.85. The monoisotopic (exact) mass is 639 g/mol. The SMILES string of the molecule is c1ccc(-c2cccc(-c3ccc(N(c4ccc(-c5ccc6ccccc6c5)cc4)c4cccc(-c5cc6ccccc6o5)c4)cc3)c2)cc1. The van der Waals surface area contributed by atoms with Crippen molar-refractivity contribution in [3.05, 3.63) is 200 Å². The molecular formula is C48H33NO. The van der Waals surface area contributed by atoms with Gasteiger partial charge in [0.1, 0.15) is 11.3 Å². The molecule has 0 fully saturated rings. The maximum absolute atomic E-state index is 6.28. The van der Waals surface area contributed by atoms with Crippen molar-refractivity contribution in [3.8, 4) is 44.7 Å². The van der Waals surface area contributed by atoms with Crippen LogP contribution in [-0.2, 0) is 0 Å². The zero-order chi connectivity index (χ0) is 33.3. The summed E-state index contributed by atoms with van der Waals surface area (Å²) in [5.74, 6) is 0.855. The Hall–Kier alpha value is -6.64. The Morgan fingerprint density at radius 1 is 0.280 bits per heavy atom. The summed E-state index contributed by atoms with van der Waals surface area (Å²) in [6, 6.07) is 71.1. The lowest BCUT2D eigenvalue weighted by molar-refractivity contribution is 0.631. The lowest BCUT2D eigenvalue weighted by Crippen LogP contribution is -2.10. The zero-order valence-corrected chi connectivity index (χ0v) is 27.4. The molecule has 1 aromatic heterocycles. The van der Waals surface area contributed by atoms with Crippen LogP contribution < -0.4 is 4.90 Å². The number of hydrogen-bond acceptors (Lipinski definition) is 2. The molecular weight excluding hydrogens is 607 g/mol. The van der Waals surface area contributed by atoms with E-state index in [9.17, 15) is 0 Å². The van der Waals surface area contributed by atoms with Crippen LogP contribution in [0.1, 0.15) is 0 Å². The van der Waals surface area contributed by atoms with E-state index in [1.54, 1.807) is 0 Å². The fraction of sp³-hybridized carbons (Fsp3) is 0. The summed E-state index contributed by atoms with van der Waals surface area (Å²) in [5, 5.41) is 3.59. The highest BCUT2D eigenvalue weighted by atomic mass is 16.3. The van der Waals surface area contributed by atoms with Crippen LogP contribution in [-0.4, -0.2) is 0 Å². The van der Waals surface area contributed by atoms with Crippen molar-refractivity contribution in [2.24, 2.45) is 0 Å². The molecule has 2 heteroatoms. The highest BCUT2D eigenvalue weighted by molar-refractivity contribution is 5.89. The third kappa shape index (κ3) is 5.74. The molecule has 9 rings (SSSR count). The van der Waals surface area contributed by atoms with E-state index < -0.39 is 0 Å². The maximum Gasteiger partial charge on any atom is 0.135 e. The Morgan fingerprint density at radius 3 is 1.50 bits per heavy atom. The predicted octanol–water partition coefficient (Wildman–Crippen LogP) is 13.7. The van der Waals surface area contributed by atoms with Crippen LogP contribution >= 0.6 is 0 Å². The molecule has 8 aromatic carbocycles. The van der Waals surface area contributed by atoms with Crippen molar-refractivity contribution in [1.82, 2.24) is 0 Å². The first-order chi connectivity index (χ1) is 24.7. The summed E-state index contributed by atoms with van der Waals surface area (Å²) in [6.45, 7) is 0. The molecule has 236 valence electrons. The lowest BCUT2D eigenvalue weighted by Gasteiger charge is -2.26. The van der Waals surface area contributed by atoms with Gasteiger partial charge in [0.2, 0.25) is 0 Å². The van der Waals surface area contributed by atoms with Crippen LogP contribution in [0.2, 0.25) is 0 Å². The molecule has 0 amide bonds. The lowest BCUT2D eigenvalue weighted by atomic mass is 9.98. The number of hydrogen-bond donors (Lipinski definition) is 0. The Morgan fingerprint density at radius 2 is 0.800 bits per heavy atom. The van der Waals surface area contributed by atoms with Crippen LogP contribution in [0.15, 0.2) is 205 Å². The summed E-state index contributed by atoms with van der Waals surface area (Å²) in [7, 11) is 0. The van der Waals surface area contributed by atoms with E-state index in [0.717, 1.165) is 39.4 Å². The standard InChI is InChI=1S/C48H33NO/c1-2-10-34(11-3-1)39-15-8-16-40(30-39)36-22-26-44(27-23-36)49(46-18-9-17-42(32-46)48-33-43-14-6-7-19-47(43)50-48)45-28-24-37(25-29-45)41-21-20-35-12-4-5-13-38(35)31-41/h1-33H. The molecule has 1 heterocycles. The molecule has 0 radical (unpaired) electrons. The zero-order valence-electron chi connectivity index (χ0n) is 27.4. The van der Waals surface area contributed by atoms with Crippen molar-refractivity contribution in [1.29, 1.82) is 0 Å². The van der Waals surface area contributed by atoms with Crippen LogP contribution in [0.25, 0.3) is 66.4 Å². The first kappa shape index (κ1) is 29.5. The van der Waals surface area contributed by atoms with E-state index in [0.29, 0.717) is 0 Å². The first-order valence-electron chi connectivity index (χ1n) is 17.0. The Balaban J connectivity index is 1.10. The smallest absolute Gasteiger partial charge is 0.135 e. The maximum atomic E-state index is 6.28. The van der Waals surface area contributed by atoms with Gasteiger partial charge in [0.25, 0.3) is 0 Å². The summed E-state index contributed by atoms with van der Waals surface area (Å²) >= 11 is 0. The molecule has 9 aromatic rings. The molecule has 0 aliphatic heterocycles. The van der Waals surface area contributed by atoms with Crippen molar-refractivity contribution in [2.75, 3.05) is 4.90 Å². The van der Waals surface area contributed by atoms with Crippen LogP contribution in [0.5, 0.6) is 0 Å². The summed E-state index contributed by atoms with van der Waals surface area (Å²) < 4.78 is 6.28. The average molecular weight is 640 g/mol. The number of benzene rings is 8. The summed E-state index contributed by atoms with van der Waals surface area (Å²) in [5.41, 5.74) is 12.3. The number of para-hydroxylation sites is 1. The number of fused-ring (bicyclic) bond motifs is 2. The van der Waals surface area contributed by atoms with Gasteiger partial charge in [-0.1, -0.05) is 140 Å². The first-order valence-corrected chi connectivity index (χ1v) is 17.0. The minimum atomic E-state index is 0.855. The van der Waals surface area contributed by atoms with Crippen molar-refractivity contribution >= 4 is 38.8 Å². The molecule has 0 unspecified atom stereocenters. The second-order valence-electron chi connectivity index (χ2n) is 12.6. The van der Waals surface area contributed by atoms with Gasteiger partial charge in [0, 0.05) is 28.0 Å². The molecule has 50 heavy (non-hydrogen) atoms.